The highest BCUT2D eigenvalue weighted by Gasteiger charge is 2.36. The molecule has 4 aromatic carbocycles. The Hall–Kier alpha value is -3.76. The number of rotatable bonds is 13. The number of sulfonamides is 1. The first-order valence-electron chi connectivity index (χ1n) is 16.0. The van der Waals surface area contributed by atoms with Crippen LogP contribution in [-0.4, -0.2) is 50.9 Å². The number of amides is 2. The summed E-state index contributed by atoms with van der Waals surface area (Å²) in [5.41, 5.74) is 1.58. The van der Waals surface area contributed by atoms with Gasteiger partial charge in [-0.05, 0) is 78.6 Å². The molecular weight excluding hydrogens is 705 g/mol. The van der Waals surface area contributed by atoms with Crippen molar-refractivity contribution < 1.29 is 22.7 Å². The largest absolute Gasteiger partial charge is 0.497 e. The van der Waals surface area contributed by atoms with E-state index in [4.69, 9.17) is 39.5 Å². The number of ether oxygens (including phenoxy) is 1. The Labute approximate surface area is 303 Å². The lowest BCUT2D eigenvalue weighted by Crippen LogP contribution is -2.55. The topological polar surface area (TPSA) is 96.0 Å². The summed E-state index contributed by atoms with van der Waals surface area (Å²) in [6.07, 6.45) is 5.03. The predicted octanol–water partition coefficient (Wildman–Crippen LogP) is 7.94. The van der Waals surface area contributed by atoms with E-state index in [-0.39, 0.29) is 35.5 Å². The lowest BCUT2D eigenvalue weighted by molar-refractivity contribution is -0.140. The van der Waals surface area contributed by atoms with Crippen molar-refractivity contribution in [1.29, 1.82) is 0 Å². The summed E-state index contributed by atoms with van der Waals surface area (Å²) >= 11 is 19.1. The van der Waals surface area contributed by atoms with Gasteiger partial charge in [-0.3, -0.25) is 13.9 Å². The smallest absolute Gasteiger partial charge is 0.264 e. The number of nitrogens with one attached hydrogen (secondary N) is 1. The zero-order chi connectivity index (χ0) is 35.0. The second kappa shape index (κ2) is 16.8. The lowest BCUT2D eigenvalue weighted by atomic mass is 9.94. The van der Waals surface area contributed by atoms with Crippen molar-refractivity contribution in [3.05, 3.63) is 123 Å². The molecule has 1 saturated carbocycles. The second-order valence-electron chi connectivity index (χ2n) is 12.0. The van der Waals surface area contributed by atoms with Gasteiger partial charge in [0.15, 0.2) is 0 Å². The van der Waals surface area contributed by atoms with E-state index < -0.39 is 28.5 Å². The quantitative estimate of drug-likeness (QED) is 0.150. The molecule has 0 bridgehead atoms. The Morgan fingerprint density at radius 3 is 2.20 bits per heavy atom. The van der Waals surface area contributed by atoms with Gasteiger partial charge >= 0.3 is 0 Å². The third kappa shape index (κ3) is 9.48. The Kier molecular flexibility index (Phi) is 12.5. The molecule has 8 nitrogen and oxygen atoms in total. The second-order valence-corrected chi connectivity index (χ2v) is 15.1. The van der Waals surface area contributed by atoms with Crippen molar-refractivity contribution in [3.63, 3.8) is 0 Å². The van der Waals surface area contributed by atoms with Gasteiger partial charge in [0.05, 0.1) is 17.7 Å². The van der Waals surface area contributed by atoms with E-state index in [1.54, 1.807) is 36.4 Å². The molecule has 0 spiro atoms. The Morgan fingerprint density at radius 1 is 0.857 bits per heavy atom. The van der Waals surface area contributed by atoms with E-state index >= 15 is 0 Å². The number of halogens is 3. The van der Waals surface area contributed by atoms with Crippen LogP contribution in [0.2, 0.25) is 15.1 Å². The molecule has 0 radical (unpaired) electrons. The van der Waals surface area contributed by atoms with Gasteiger partial charge in [-0.2, -0.15) is 0 Å². The van der Waals surface area contributed by atoms with Gasteiger partial charge in [0, 0.05) is 34.1 Å². The van der Waals surface area contributed by atoms with Gasteiger partial charge in [-0.15, -0.1) is 0 Å². The van der Waals surface area contributed by atoms with E-state index in [1.807, 2.05) is 30.3 Å². The summed E-state index contributed by atoms with van der Waals surface area (Å²) in [5.74, 6) is -0.451. The van der Waals surface area contributed by atoms with Gasteiger partial charge in [-0.25, -0.2) is 8.42 Å². The molecule has 1 N–H and O–H groups in total. The van der Waals surface area contributed by atoms with E-state index in [9.17, 15) is 18.0 Å². The third-order valence-electron chi connectivity index (χ3n) is 8.60. The number of anilines is 1. The summed E-state index contributed by atoms with van der Waals surface area (Å²) in [6, 6.07) is 25.5. The molecule has 49 heavy (non-hydrogen) atoms. The number of carbonyl (C=O) groups is 2. The highest BCUT2D eigenvalue weighted by Crippen LogP contribution is 2.29. The highest BCUT2D eigenvalue weighted by molar-refractivity contribution is 7.92. The van der Waals surface area contributed by atoms with Crippen LogP contribution in [0.15, 0.2) is 102 Å². The van der Waals surface area contributed by atoms with Gasteiger partial charge in [-0.1, -0.05) is 96.5 Å². The van der Waals surface area contributed by atoms with Gasteiger partial charge in [0.25, 0.3) is 10.0 Å². The molecule has 0 aromatic heterocycles. The average Bonchev–Trinajstić information content (AvgIpc) is 3.10. The van der Waals surface area contributed by atoms with Crippen LogP contribution in [0.1, 0.15) is 43.2 Å². The van der Waals surface area contributed by atoms with Crippen molar-refractivity contribution in [2.45, 2.75) is 62.0 Å². The van der Waals surface area contributed by atoms with Crippen molar-refractivity contribution in [2.75, 3.05) is 18.0 Å². The summed E-state index contributed by atoms with van der Waals surface area (Å²) in [6.45, 7) is -0.696. The minimum absolute atomic E-state index is 0.0194. The molecule has 5 rings (SSSR count). The predicted molar refractivity (Wildman–Crippen MR) is 195 cm³/mol. The van der Waals surface area contributed by atoms with Gasteiger partial charge < -0.3 is 15.0 Å². The Morgan fingerprint density at radius 2 is 1.55 bits per heavy atom. The van der Waals surface area contributed by atoms with Crippen LogP contribution in [-0.2, 0) is 32.6 Å². The molecule has 0 aliphatic heterocycles. The fraction of sp³-hybridized carbons (Fsp3) is 0.297. The van der Waals surface area contributed by atoms with E-state index in [0.29, 0.717) is 26.4 Å². The van der Waals surface area contributed by atoms with Crippen LogP contribution in [0.4, 0.5) is 5.69 Å². The van der Waals surface area contributed by atoms with Crippen LogP contribution < -0.4 is 14.4 Å². The van der Waals surface area contributed by atoms with Gasteiger partial charge in [0.1, 0.15) is 18.3 Å². The maximum Gasteiger partial charge on any atom is 0.264 e. The maximum absolute atomic E-state index is 14.7. The van der Waals surface area contributed by atoms with Gasteiger partial charge in [0.2, 0.25) is 11.8 Å². The molecule has 4 aromatic rings. The molecule has 2 amide bonds. The Bertz CT molecular complexity index is 1850. The number of methoxy groups -OCH3 is 1. The fourth-order valence-electron chi connectivity index (χ4n) is 5.97. The molecule has 1 atom stereocenters. The van der Waals surface area contributed by atoms with Crippen LogP contribution in [0.25, 0.3) is 0 Å². The first kappa shape index (κ1) is 36.5. The minimum Gasteiger partial charge on any atom is -0.497 e. The van der Waals surface area contributed by atoms with Crippen LogP contribution in [0, 0.1) is 0 Å². The lowest BCUT2D eigenvalue weighted by Gasteiger charge is -2.35. The van der Waals surface area contributed by atoms with Crippen molar-refractivity contribution >= 4 is 62.3 Å². The normalized spacial score (nSPS) is 14.1. The fourth-order valence-corrected chi connectivity index (χ4v) is 8.03. The zero-order valence-corrected chi connectivity index (χ0v) is 30.1. The van der Waals surface area contributed by atoms with E-state index in [1.165, 1.54) is 42.3 Å². The molecule has 1 aliphatic carbocycles. The standard InChI is InChI=1S/C37H38Cl3N3O5S/c1-48-32-17-19-33(20-18-32)49(46,47)43(31-14-8-11-28(38)22-31)25-36(44)42(24-27-15-16-29(39)23-34(27)40)35(21-26-9-4-2-5-10-26)37(45)41-30-12-6-3-7-13-30/h2,4-5,8-11,14-20,22-23,30,35H,3,6-7,12-13,21,24-25H2,1H3,(H,41,45)/t35-/m0/s1. The minimum atomic E-state index is -4.31. The average molecular weight is 743 g/mol. The first-order chi connectivity index (χ1) is 23.5. The van der Waals surface area contributed by atoms with Crippen molar-refractivity contribution in [2.24, 2.45) is 0 Å². The number of carbonyl (C=O) groups excluding carboxylic acids is 2. The van der Waals surface area contributed by atoms with E-state index in [2.05, 4.69) is 5.32 Å². The molecule has 258 valence electrons. The number of benzene rings is 4. The Balaban J connectivity index is 1.58. The monoisotopic (exact) mass is 741 g/mol. The highest BCUT2D eigenvalue weighted by atomic mass is 35.5. The molecule has 0 saturated heterocycles. The summed E-state index contributed by atoms with van der Waals surface area (Å²) < 4.78 is 34.8. The summed E-state index contributed by atoms with van der Waals surface area (Å²) in [7, 11) is -2.83. The number of nitrogens with zero attached hydrogens (tertiary/aromatic N) is 2. The van der Waals surface area contributed by atoms with E-state index in [0.717, 1.165) is 42.0 Å². The third-order valence-corrected chi connectivity index (χ3v) is 11.2. The zero-order valence-electron chi connectivity index (χ0n) is 27.0. The first-order valence-corrected chi connectivity index (χ1v) is 18.6. The number of hydrogen-bond donors (Lipinski definition) is 1. The van der Waals surface area contributed by atoms with Crippen molar-refractivity contribution in [1.82, 2.24) is 10.2 Å². The molecule has 1 fully saturated rings. The SMILES string of the molecule is COc1ccc(S(=O)(=O)N(CC(=O)N(Cc2ccc(Cl)cc2Cl)[C@@H](Cc2ccccc2)C(=O)NC2CCCCC2)c2cccc(Cl)c2)cc1. The number of hydrogen-bond acceptors (Lipinski definition) is 5. The molecular formula is C37H38Cl3N3O5S. The molecule has 1 aliphatic rings. The summed E-state index contributed by atoms with van der Waals surface area (Å²) in [4.78, 5) is 30.3. The maximum atomic E-state index is 14.7. The van der Waals surface area contributed by atoms with Crippen LogP contribution in [0.3, 0.4) is 0 Å². The van der Waals surface area contributed by atoms with Crippen molar-refractivity contribution in [3.8, 4) is 5.75 Å². The molecule has 0 unspecified atom stereocenters. The molecule has 0 heterocycles. The summed E-state index contributed by atoms with van der Waals surface area (Å²) in [5, 5.41) is 4.22. The van der Waals surface area contributed by atoms with Crippen LogP contribution >= 0.6 is 34.8 Å². The molecule has 12 heteroatoms. The van der Waals surface area contributed by atoms with Crippen LogP contribution in [0.5, 0.6) is 5.75 Å².